The Morgan fingerprint density at radius 3 is 2.53 bits per heavy atom. The highest BCUT2D eigenvalue weighted by Gasteiger charge is 2.31. The minimum absolute atomic E-state index is 0.226. The van der Waals surface area contributed by atoms with Crippen molar-refractivity contribution in [1.29, 1.82) is 5.41 Å². The summed E-state index contributed by atoms with van der Waals surface area (Å²) >= 11 is 0. The first kappa shape index (κ1) is 16.4. The van der Waals surface area contributed by atoms with Gasteiger partial charge in [0.15, 0.2) is 0 Å². The number of nitrogens with zero attached hydrogens (tertiary/aromatic N) is 1. The lowest BCUT2D eigenvalue weighted by atomic mass is 9.86. The summed E-state index contributed by atoms with van der Waals surface area (Å²) in [5.41, 5.74) is 4.75. The van der Waals surface area contributed by atoms with Crippen molar-refractivity contribution < 1.29 is 9.84 Å². The zero-order chi connectivity index (χ0) is 14.5. The second kappa shape index (κ2) is 6.68. The van der Waals surface area contributed by atoms with E-state index in [0.29, 0.717) is 19.8 Å². The van der Waals surface area contributed by atoms with Gasteiger partial charge in [-0.05, 0) is 26.4 Å². The second-order valence-corrected chi connectivity index (χ2v) is 6.48. The standard InChI is InChI=1S/C14H29N3O2/c1-13(2,12(15)16)5-4-8-17(3)11-14(18)6-9-19-10-7-14/h18H,4-11H2,1-3H3,(H3,15,16). The summed E-state index contributed by atoms with van der Waals surface area (Å²) in [5, 5.41) is 17.9. The van der Waals surface area contributed by atoms with Crippen LogP contribution in [0.3, 0.4) is 0 Å². The van der Waals surface area contributed by atoms with Crippen molar-refractivity contribution in [2.45, 2.75) is 45.1 Å². The van der Waals surface area contributed by atoms with E-state index in [4.69, 9.17) is 15.9 Å². The van der Waals surface area contributed by atoms with Crippen LogP contribution >= 0.6 is 0 Å². The summed E-state index contributed by atoms with van der Waals surface area (Å²) in [6.07, 6.45) is 3.32. The van der Waals surface area contributed by atoms with Gasteiger partial charge in [0, 0.05) is 38.0 Å². The SMILES string of the molecule is CN(CCCC(C)(C)C(=N)N)CC1(O)CCOCC1. The molecule has 4 N–H and O–H groups in total. The molecule has 5 nitrogen and oxygen atoms in total. The van der Waals surface area contributed by atoms with Crippen molar-refractivity contribution in [2.75, 3.05) is 33.4 Å². The average Bonchev–Trinajstić information content (AvgIpc) is 2.28. The Bertz CT molecular complexity index is 299. The molecule has 1 heterocycles. The largest absolute Gasteiger partial charge is 0.388 e. The highest BCUT2D eigenvalue weighted by Crippen LogP contribution is 2.23. The Morgan fingerprint density at radius 2 is 2.00 bits per heavy atom. The number of rotatable bonds is 7. The minimum atomic E-state index is -0.594. The van der Waals surface area contributed by atoms with Crippen molar-refractivity contribution in [3.63, 3.8) is 0 Å². The van der Waals surface area contributed by atoms with Crippen LogP contribution in [0.15, 0.2) is 0 Å². The Balaban J connectivity index is 2.28. The highest BCUT2D eigenvalue weighted by molar-refractivity contribution is 5.82. The number of likely N-dealkylation sites (N-methyl/N-ethyl adjacent to an activating group) is 1. The third kappa shape index (κ3) is 5.47. The van der Waals surface area contributed by atoms with Crippen molar-refractivity contribution in [3.05, 3.63) is 0 Å². The molecule has 0 amide bonds. The van der Waals surface area contributed by atoms with E-state index in [-0.39, 0.29) is 11.3 Å². The molecular formula is C14H29N3O2. The maximum Gasteiger partial charge on any atom is 0.0963 e. The van der Waals surface area contributed by atoms with E-state index >= 15 is 0 Å². The third-order valence-electron chi connectivity index (χ3n) is 4.06. The topological polar surface area (TPSA) is 82.6 Å². The molecule has 0 aromatic heterocycles. The molecule has 0 aromatic carbocycles. The van der Waals surface area contributed by atoms with Crippen LogP contribution in [0.5, 0.6) is 0 Å². The third-order valence-corrected chi connectivity index (χ3v) is 4.06. The summed E-state index contributed by atoms with van der Waals surface area (Å²) in [6.45, 7) is 6.92. The Morgan fingerprint density at radius 1 is 1.42 bits per heavy atom. The van der Waals surface area contributed by atoms with E-state index in [0.717, 1.165) is 32.2 Å². The summed E-state index contributed by atoms with van der Waals surface area (Å²) in [5.74, 6) is 0.248. The van der Waals surface area contributed by atoms with Gasteiger partial charge in [-0.15, -0.1) is 0 Å². The van der Waals surface area contributed by atoms with Crippen LogP contribution in [0, 0.1) is 10.8 Å². The number of amidine groups is 1. The molecule has 1 fully saturated rings. The van der Waals surface area contributed by atoms with E-state index in [1.54, 1.807) is 0 Å². The van der Waals surface area contributed by atoms with Crippen molar-refractivity contribution in [1.82, 2.24) is 4.90 Å². The van der Waals surface area contributed by atoms with Gasteiger partial charge in [0.05, 0.1) is 11.4 Å². The van der Waals surface area contributed by atoms with Crippen molar-refractivity contribution in [2.24, 2.45) is 11.1 Å². The van der Waals surface area contributed by atoms with Crippen LogP contribution in [0.4, 0.5) is 0 Å². The van der Waals surface area contributed by atoms with Gasteiger partial charge in [-0.25, -0.2) is 0 Å². The van der Waals surface area contributed by atoms with Gasteiger partial charge in [-0.2, -0.15) is 0 Å². The fraction of sp³-hybridized carbons (Fsp3) is 0.929. The van der Waals surface area contributed by atoms with Gasteiger partial charge < -0.3 is 20.5 Å². The fourth-order valence-corrected chi connectivity index (χ4v) is 2.42. The molecule has 112 valence electrons. The molecule has 1 aliphatic rings. The highest BCUT2D eigenvalue weighted by atomic mass is 16.5. The Hall–Kier alpha value is -0.650. The predicted octanol–water partition coefficient (Wildman–Crippen LogP) is 1.20. The molecule has 0 radical (unpaired) electrons. The molecule has 0 bridgehead atoms. The van der Waals surface area contributed by atoms with Gasteiger partial charge in [0.2, 0.25) is 0 Å². The first-order chi connectivity index (χ1) is 8.75. The number of nitrogens with two attached hydrogens (primary N) is 1. The summed E-state index contributed by atoms with van der Waals surface area (Å²) in [7, 11) is 2.04. The minimum Gasteiger partial charge on any atom is -0.388 e. The van der Waals surface area contributed by atoms with Crippen LogP contribution in [-0.4, -0.2) is 54.8 Å². The first-order valence-electron chi connectivity index (χ1n) is 7.08. The first-order valence-corrected chi connectivity index (χ1v) is 7.08. The normalized spacial score (nSPS) is 19.6. The van der Waals surface area contributed by atoms with Crippen LogP contribution in [0.25, 0.3) is 0 Å². The molecule has 1 saturated heterocycles. The van der Waals surface area contributed by atoms with Gasteiger partial charge in [-0.1, -0.05) is 13.8 Å². The molecule has 19 heavy (non-hydrogen) atoms. The molecular weight excluding hydrogens is 242 g/mol. The van der Waals surface area contributed by atoms with Gasteiger partial charge in [0.25, 0.3) is 0 Å². The molecule has 0 atom stereocenters. The number of aliphatic hydroxyl groups is 1. The second-order valence-electron chi connectivity index (χ2n) is 6.48. The summed E-state index contributed by atoms with van der Waals surface area (Å²) in [4.78, 5) is 2.17. The summed E-state index contributed by atoms with van der Waals surface area (Å²) in [6, 6.07) is 0. The Kier molecular flexibility index (Phi) is 5.77. The van der Waals surface area contributed by atoms with Crippen LogP contribution < -0.4 is 5.73 Å². The van der Waals surface area contributed by atoms with E-state index < -0.39 is 5.60 Å². The lowest BCUT2D eigenvalue weighted by Gasteiger charge is -2.35. The van der Waals surface area contributed by atoms with Gasteiger partial charge >= 0.3 is 0 Å². The maximum absolute atomic E-state index is 10.4. The fourth-order valence-electron chi connectivity index (χ4n) is 2.42. The van der Waals surface area contributed by atoms with E-state index in [9.17, 15) is 5.11 Å². The van der Waals surface area contributed by atoms with Crippen LogP contribution in [0.1, 0.15) is 39.5 Å². The molecule has 0 unspecified atom stereocenters. The molecule has 0 aliphatic carbocycles. The van der Waals surface area contributed by atoms with Gasteiger partial charge in [-0.3, -0.25) is 5.41 Å². The average molecular weight is 271 g/mol. The lowest BCUT2D eigenvalue weighted by Crippen LogP contribution is -2.46. The maximum atomic E-state index is 10.4. The Labute approximate surface area is 116 Å². The van der Waals surface area contributed by atoms with Crippen LogP contribution in [0.2, 0.25) is 0 Å². The molecule has 5 heteroatoms. The number of hydrogen-bond donors (Lipinski definition) is 3. The zero-order valence-electron chi connectivity index (χ0n) is 12.5. The van der Waals surface area contributed by atoms with Crippen LogP contribution in [-0.2, 0) is 4.74 Å². The van der Waals surface area contributed by atoms with E-state index in [1.165, 1.54) is 0 Å². The molecule has 0 spiro atoms. The van der Waals surface area contributed by atoms with E-state index in [2.05, 4.69) is 4.90 Å². The number of nitrogens with one attached hydrogen (secondary N) is 1. The predicted molar refractivity (Wildman–Crippen MR) is 77.4 cm³/mol. The molecule has 0 aromatic rings. The molecule has 1 rings (SSSR count). The molecule has 1 aliphatic heterocycles. The monoisotopic (exact) mass is 271 g/mol. The molecule has 0 saturated carbocycles. The number of ether oxygens (including phenoxy) is 1. The van der Waals surface area contributed by atoms with Gasteiger partial charge in [0.1, 0.15) is 0 Å². The quantitative estimate of drug-likeness (QED) is 0.480. The van der Waals surface area contributed by atoms with Crippen molar-refractivity contribution >= 4 is 5.84 Å². The summed E-state index contributed by atoms with van der Waals surface area (Å²) < 4.78 is 5.28. The lowest BCUT2D eigenvalue weighted by molar-refractivity contribution is -0.0769. The zero-order valence-corrected chi connectivity index (χ0v) is 12.5. The smallest absolute Gasteiger partial charge is 0.0963 e. The number of hydrogen-bond acceptors (Lipinski definition) is 4. The van der Waals surface area contributed by atoms with Crippen molar-refractivity contribution in [3.8, 4) is 0 Å². The van der Waals surface area contributed by atoms with E-state index in [1.807, 2.05) is 20.9 Å².